The van der Waals surface area contributed by atoms with Gasteiger partial charge in [-0.1, -0.05) is 42.5 Å². The van der Waals surface area contributed by atoms with Gasteiger partial charge in [-0.05, 0) is 30.2 Å². The molecule has 0 fully saturated rings. The van der Waals surface area contributed by atoms with E-state index in [0.717, 1.165) is 11.3 Å². The summed E-state index contributed by atoms with van der Waals surface area (Å²) in [4.78, 5) is 24.2. The van der Waals surface area contributed by atoms with Gasteiger partial charge in [-0.25, -0.2) is 0 Å². The molecule has 0 aliphatic rings. The second-order valence-electron chi connectivity index (χ2n) is 5.88. The predicted molar refractivity (Wildman–Crippen MR) is 103 cm³/mol. The first-order valence-electron chi connectivity index (χ1n) is 7.96. The average Bonchev–Trinajstić information content (AvgIpc) is 2.65. The molecule has 2 aromatic rings. The van der Waals surface area contributed by atoms with Gasteiger partial charge in [0.05, 0.1) is 13.7 Å². The van der Waals surface area contributed by atoms with Crippen LogP contribution in [-0.2, 0) is 21.7 Å². The zero-order valence-electron chi connectivity index (χ0n) is 14.8. The minimum Gasteiger partial charge on any atom is -0.497 e. The van der Waals surface area contributed by atoms with Crippen molar-refractivity contribution in [3.8, 4) is 5.75 Å². The van der Waals surface area contributed by atoms with E-state index in [-0.39, 0.29) is 24.9 Å². The van der Waals surface area contributed by atoms with E-state index in [4.69, 9.17) is 10.5 Å². The second-order valence-corrected chi connectivity index (χ2v) is 5.88. The number of halogens is 1. The molecule has 2 amide bonds. The lowest BCUT2D eigenvalue weighted by Gasteiger charge is -2.23. The highest BCUT2D eigenvalue weighted by molar-refractivity contribution is 5.90. The van der Waals surface area contributed by atoms with Crippen LogP contribution in [0.1, 0.15) is 18.1 Å². The third kappa shape index (κ3) is 5.75. The molecule has 0 saturated heterocycles. The summed E-state index contributed by atoms with van der Waals surface area (Å²) in [6.45, 7) is 1.86. The largest absolute Gasteiger partial charge is 0.497 e. The van der Waals surface area contributed by atoms with Crippen LogP contribution >= 0.6 is 12.4 Å². The maximum atomic E-state index is 12.3. The van der Waals surface area contributed by atoms with Crippen molar-refractivity contribution < 1.29 is 14.3 Å². The van der Waals surface area contributed by atoms with Gasteiger partial charge in [-0.2, -0.15) is 0 Å². The Morgan fingerprint density at radius 3 is 2.23 bits per heavy atom. The Hall–Kier alpha value is -2.57. The summed E-state index contributed by atoms with van der Waals surface area (Å²) < 4.78 is 5.08. The quantitative estimate of drug-likeness (QED) is 0.685. The van der Waals surface area contributed by atoms with Crippen LogP contribution in [0.15, 0.2) is 54.6 Å². The summed E-state index contributed by atoms with van der Waals surface area (Å²) in [5.74, 6) is 0.0665. The van der Waals surface area contributed by atoms with Gasteiger partial charge in [0.25, 0.3) is 0 Å². The molecule has 0 radical (unpaired) electrons. The van der Waals surface area contributed by atoms with Crippen molar-refractivity contribution in [2.75, 3.05) is 13.7 Å². The topological polar surface area (TPSA) is 93.5 Å². The fraction of sp³-hybridized carbons (Fsp3) is 0.263. The summed E-state index contributed by atoms with van der Waals surface area (Å²) in [7, 11) is 1.60. The highest BCUT2D eigenvalue weighted by Gasteiger charge is 2.30. The SMILES string of the molecule is COc1ccc(CNC(=O)CNC(=O)C(C)(N)c2ccccc2)cc1.Cl. The van der Waals surface area contributed by atoms with E-state index in [2.05, 4.69) is 10.6 Å². The third-order valence-corrected chi connectivity index (χ3v) is 3.90. The first kappa shape index (κ1) is 21.5. The summed E-state index contributed by atoms with van der Waals surface area (Å²) in [6, 6.07) is 16.4. The van der Waals surface area contributed by atoms with Gasteiger partial charge >= 0.3 is 0 Å². The number of carbonyl (C=O) groups excluding carboxylic acids is 2. The Balaban J connectivity index is 0.00000338. The number of hydrogen-bond acceptors (Lipinski definition) is 4. The molecule has 0 saturated carbocycles. The van der Waals surface area contributed by atoms with Gasteiger partial charge in [-0.15, -0.1) is 12.4 Å². The monoisotopic (exact) mass is 377 g/mol. The van der Waals surface area contributed by atoms with Crippen LogP contribution in [0.3, 0.4) is 0 Å². The number of carbonyl (C=O) groups is 2. The van der Waals surface area contributed by atoms with Crippen molar-refractivity contribution in [2.45, 2.75) is 19.0 Å². The molecular formula is C19H24ClN3O3. The van der Waals surface area contributed by atoms with Crippen molar-refractivity contribution in [3.05, 3.63) is 65.7 Å². The number of nitrogens with one attached hydrogen (secondary N) is 2. The third-order valence-electron chi connectivity index (χ3n) is 3.90. The molecule has 0 aromatic heterocycles. The zero-order chi connectivity index (χ0) is 18.3. The summed E-state index contributed by atoms with van der Waals surface area (Å²) in [6.07, 6.45) is 0. The van der Waals surface area contributed by atoms with Gasteiger partial charge in [0, 0.05) is 6.54 Å². The lowest BCUT2D eigenvalue weighted by atomic mass is 9.92. The van der Waals surface area contributed by atoms with Crippen LogP contribution < -0.4 is 21.1 Å². The maximum Gasteiger partial charge on any atom is 0.244 e. The Bertz CT molecular complexity index is 719. The maximum absolute atomic E-state index is 12.3. The average molecular weight is 378 g/mol. The normalized spacial score (nSPS) is 12.3. The van der Waals surface area contributed by atoms with Crippen molar-refractivity contribution in [1.29, 1.82) is 0 Å². The van der Waals surface area contributed by atoms with Gasteiger partial charge < -0.3 is 21.1 Å². The Kier molecular flexibility index (Phi) is 8.09. The lowest BCUT2D eigenvalue weighted by molar-refractivity contribution is -0.129. The van der Waals surface area contributed by atoms with E-state index in [9.17, 15) is 9.59 Å². The van der Waals surface area contributed by atoms with Crippen molar-refractivity contribution in [1.82, 2.24) is 10.6 Å². The number of nitrogens with two attached hydrogens (primary N) is 1. The van der Waals surface area contributed by atoms with Crippen LogP contribution in [0, 0.1) is 0 Å². The molecule has 1 atom stereocenters. The van der Waals surface area contributed by atoms with E-state index in [1.165, 1.54) is 0 Å². The Morgan fingerprint density at radius 2 is 1.65 bits per heavy atom. The molecule has 2 rings (SSSR count). The van der Waals surface area contributed by atoms with Crippen LogP contribution in [-0.4, -0.2) is 25.5 Å². The van der Waals surface area contributed by atoms with Crippen molar-refractivity contribution in [3.63, 3.8) is 0 Å². The molecule has 0 aliphatic carbocycles. The van der Waals surface area contributed by atoms with Crippen LogP contribution in [0.25, 0.3) is 0 Å². The molecule has 7 heteroatoms. The minimum atomic E-state index is -1.20. The Labute approximate surface area is 159 Å². The number of hydrogen-bond donors (Lipinski definition) is 3. The fourth-order valence-corrected chi connectivity index (χ4v) is 2.27. The van der Waals surface area contributed by atoms with E-state index in [1.807, 2.05) is 42.5 Å². The molecular weight excluding hydrogens is 354 g/mol. The summed E-state index contributed by atoms with van der Waals surface area (Å²) in [5.41, 5.74) is 6.53. The first-order valence-corrected chi connectivity index (χ1v) is 7.96. The lowest BCUT2D eigenvalue weighted by Crippen LogP contribution is -2.51. The Morgan fingerprint density at radius 1 is 1.04 bits per heavy atom. The number of amides is 2. The fourth-order valence-electron chi connectivity index (χ4n) is 2.27. The molecule has 6 nitrogen and oxygen atoms in total. The molecule has 0 aliphatic heterocycles. The number of methoxy groups -OCH3 is 1. The second kappa shape index (κ2) is 9.79. The predicted octanol–water partition coefficient (Wildman–Crippen LogP) is 1.72. The standard InChI is InChI=1S/C19H23N3O3.ClH/c1-19(20,15-6-4-3-5-7-15)18(24)22-13-17(23)21-12-14-8-10-16(25-2)11-9-14;/h3-11H,12-13,20H2,1-2H3,(H,21,23)(H,22,24);1H. The highest BCUT2D eigenvalue weighted by atomic mass is 35.5. The van der Waals surface area contributed by atoms with Crippen molar-refractivity contribution >= 4 is 24.2 Å². The molecule has 2 aromatic carbocycles. The molecule has 4 N–H and O–H groups in total. The van der Waals surface area contributed by atoms with Gasteiger partial charge in [-0.3, -0.25) is 9.59 Å². The van der Waals surface area contributed by atoms with Gasteiger partial charge in [0.1, 0.15) is 11.3 Å². The van der Waals surface area contributed by atoms with Crippen molar-refractivity contribution in [2.24, 2.45) is 5.73 Å². The molecule has 140 valence electrons. The minimum absolute atomic E-state index is 0. The highest BCUT2D eigenvalue weighted by Crippen LogP contribution is 2.17. The van der Waals surface area contributed by atoms with Gasteiger partial charge in [0.15, 0.2) is 0 Å². The molecule has 26 heavy (non-hydrogen) atoms. The molecule has 0 heterocycles. The van der Waals surface area contributed by atoms with Gasteiger partial charge in [0.2, 0.25) is 11.8 Å². The molecule has 1 unspecified atom stereocenters. The smallest absolute Gasteiger partial charge is 0.244 e. The number of rotatable bonds is 7. The number of ether oxygens (including phenoxy) is 1. The van der Waals surface area contributed by atoms with E-state index in [0.29, 0.717) is 12.1 Å². The van der Waals surface area contributed by atoms with Crippen LogP contribution in [0.4, 0.5) is 0 Å². The number of benzene rings is 2. The van der Waals surface area contributed by atoms with E-state index in [1.54, 1.807) is 26.2 Å². The van der Waals surface area contributed by atoms with E-state index < -0.39 is 11.4 Å². The van der Waals surface area contributed by atoms with Crippen LogP contribution in [0.2, 0.25) is 0 Å². The molecule has 0 spiro atoms. The summed E-state index contributed by atoms with van der Waals surface area (Å²) >= 11 is 0. The first-order chi connectivity index (χ1) is 11.9. The molecule has 0 bridgehead atoms. The zero-order valence-corrected chi connectivity index (χ0v) is 15.6. The van der Waals surface area contributed by atoms with E-state index >= 15 is 0 Å². The van der Waals surface area contributed by atoms with Crippen LogP contribution in [0.5, 0.6) is 5.75 Å². The summed E-state index contributed by atoms with van der Waals surface area (Å²) in [5, 5.41) is 5.33.